The molecule has 0 aliphatic heterocycles. The highest BCUT2D eigenvalue weighted by molar-refractivity contribution is 5.89. The van der Waals surface area contributed by atoms with Gasteiger partial charge in [0, 0.05) is 18.9 Å². The minimum atomic E-state index is -0.480. The zero-order chi connectivity index (χ0) is 7.56. The molecule has 0 spiro atoms. The van der Waals surface area contributed by atoms with Gasteiger partial charge in [-0.25, -0.2) is 4.98 Å². The summed E-state index contributed by atoms with van der Waals surface area (Å²) in [6, 6.07) is 0. The van der Waals surface area contributed by atoms with Crippen LogP contribution in [0.5, 0.6) is 0 Å². The number of aryl methyl sites for hydroxylation is 1. The molecule has 1 aromatic rings. The van der Waals surface area contributed by atoms with Crippen molar-refractivity contribution in [3.8, 4) is 0 Å². The molecule has 0 aliphatic rings. The van der Waals surface area contributed by atoms with Crippen molar-refractivity contribution in [2.45, 2.75) is 13.5 Å². The summed E-state index contributed by atoms with van der Waals surface area (Å²) < 4.78 is 1.70. The summed E-state index contributed by atoms with van der Waals surface area (Å²) in [5.74, 6) is -0.158. The van der Waals surface area contributed by atoms with Gasteiger partial charge >= 0.3 is 0 Å². The summed E-state index contributed by atoms with van der Waals surface area (Å²) >= 11 is 0. The van der Waals surface area contributed by atoms with Crippen molar-refractivity contribution in [3.05, 3.63) is 18.2 Å². The molecule has 1 heterocycles. The van der Waals surface area contributed by atoms with Crippen LogP contribution in [0, 0.1) is 0 Å². The molecule has 0 radical (unpaired) electrons. The molecule has 54 valence electrons. The topological polar surface area (TPSA) is 60.9 Å². The lowest BCUT2D eigenvalue weighted by atomic mass is 10.5. The lowest BCUT2D eigenvalue weighted by molar-refractivity contribution is 0.0986. The van der Waals surface area contributed by atoms with Gasteiger partial charge in [0.1, 0.15) is 0 Å². The summed E-state index contributed by atoms with van der Waals surface area (Å²) in [5.41, 5.74) is 5.01. The van der Waals surface area contributed by atoms with Crippen molar-refractivity contribution in [2.24, 2.45) is 5.73 Å². The van der Waals surface area contributed by atoms with Gasteiger partial charge in [-0.2, -0.15) is 0 Å². The molecule has 0 saturated carbocycles. The molecule has 0 unspecified atom stereocenters. The fraction of sp³-hybridized carbons (Fsp3) is 0.333. The van der Waals surface area contributed by atoms with Gasteiger partial charge < -0.3 is 10.3 Å². The molecule has 0 fully saturated rings. The lowest BCUT2D eigenvalue weighted by Crippen LogP contribution is -2.17. The summed E-state index contributed by atoms with van der Waals surface area (Å²) in [4.78, 5) is 14.4. The average Bonchev–Trinajstić information content (AvgIpc) is 2.33. The van der Waals surface area contributed by atoms with Gasteiger partial charge in [-0.3, -0.25) is 4.79 Å². The molecule has 1 rings (SSSR count). The molecule has 0 aliphatic carbocycles. The number of nitrogens with two attached hydrogens (primary N) is 1. The van der Waals surface area contributed by atoms with E-state index < -0.39 is 5.91 Å². The van der Waals surface area contributed by atoms with E-state index in [2.05, 4.69) is 4.98 Å². The Morgan fingerprint density at radius 1 is 1.90 bits per heavy atom. The van der Waals surface area contributed by atoms with E-state index in [1.807, 2.05) is 6.92 Å². The first-order valence-electron chi connectivity index (χ1n) is 3.06. The number of amides is 1. The number of aromatic nitrogens is 2. The van der Waals surface area contributed by atoms with Crippen molar-refractivity contribution in [2.75, 3.05) is 0 Å². The molecule has 0 bridgehead atoms. The van der Waals surface area contributed by atoms with Crippen molar-refractivity contribution in [3.63, 3.8) is 0 Å². The first-order valence-corrected chi connectivity index (χ1v) is 3.06. The van der Waals surface area contributed by atoms with Gasteiger partial charge in [0.2, 0.25) is 0 Å². The number of primary amides is 1. The third-order valence-corrected chi connectivity index (χ3v) is 1.28. The zero-order valence-corrected chi connectivity index (χ0v) is 5.74. The molecular weight excluding hydrogens is 130 g/mol. The average molecular weight is 139 g/mol. The van der Waals surface area contributed by atoms with E-state index in [0.717, 1.165) is 6.54 Å². The van der Waals surface area contributed by atoms with Crippen molar-refractivity contribution in [1.82, 2.24) is 9.55 Å². The zero-order valence-electron chi connectivity index (χ0n) is 5.74. The van der Waals surface area contributed by atoms with Gasteiger partial charge in [-0.05, 0) is 6.92 Å². The monoisotopic (exact) mass is 139 g/mol. The fourth-order valence-electron chi connectivity index (χ4n) is 0.790. The third-order valence-electron chi connectivity index (χ3n) is 1.28. The number of rotatable bonds is 2. The molecule has 4 nitrogen and oxygen atoms in total. The van der Waals surface area contributed by atoms with Crippen molar-refractivity contribution in [1.29, 1.82) is 0 Å². The standard InChI is InChI=1S/C6H9N3O/c1-2-9-4-3-8-6(9)5(7)10/h3-4H,2H2,1H3,(H2,7,10). The maximum atomic E-state index is 10.6. The quantitative estimate of drug-likeness (QED) is 0.627. The van der Waals surface area contributed by atoms with Gasteiger partial charge in [0.05, 0.1) is 0 Å². The van der Waals surface area contributed by atoms with Crippen LogP contribution in [0.2, 0.25) is 0 Å². The fourth-order valence-corrected chi connectivity index (χ4v) is 0.790. The van der Waals surface area contributed by atoms with Crippen molar-refractivity contribution < 1.29 is 4.79 Å². The Bertz CT molecular complexity index is 241. The Morgan fingerprint density at radius 2 is 2.60 bits per heavy atom. The van der Waals surface area contributed by atoms with Crippen LogP contribution in [0.25, 0.3) is 0 Å². The second-order valence-corrected chi connectivity index (χ2v) is 1.90. The Balaban J connectivity index is 3.01. The minimum Gasteiger partial charge on any atom is -0.363 e. The van der Waals surface area contributed by atoms with Crippen LogP contribution in [-0.2, 0) is 6.54 Å². The molecule has 4 heteroatoms. The molecular formula is C6H9N3O. The minimum absolute atomic E-state index is 0.322. The summed E-state index contributed by atoms with van der Waals surface area (Å²) in [6.07, 6.45) is 3.28. The largest absolute Gasteiger partial charge is 0.363 e. The van der Waals surface area contributed by atoms with Crippen LogP contribution in [0.15, 0.2) is 12.4 Å². The molecule has 0 aromatic carbocycles. The highest BCUT2D eigenvalue weighted by Gasteiger charge is 2.05. The highest BCUT2D eigenvalue weighted by atomic mass is 16.1. The maximum absolute atomic E-state index is 10.6. The number of nitrogens with zero attached hydrogens (tertiary/aromatic N) is 2. The van der Waals surface area contributed by atoms with E-state index in [1.165, 1.54) is 0 Å². The van der Waals surface area contributed by atoms with Crippen molar-refractivity contribution >= 4 is 5.91 Å². The summed E-state index contributed by atoms with van der Waals surface area (Å²) in [5, 5.41) is 0. The van der Waals surface area contributed by atoms with Gasteiger partial charge in [-0.1, -0.05) is 0 Å². The van der Waals surface area contributed by atoms with Crippen LogP contribution in [0.4, 0.5) is 0 Å². The summed E-state index contributed by atoms with van der Waals surface area (Å²) in [7, 11) is 0. The number of carbonyl (C=O) groups excluding carboxylic acids is 1. The van der Waals surface area contributed by atoms with Crippen LogP contribution in [0.3, 0.4) is 0 Å². The molecule has 0 saturated heterocycles. The SMILES string of the molecule is CCn1ccnc1C(N)=O. The van der Waals surface area contributed by atoms with Crippen LogP contribution >= 0.6 is 0 Å². The van der Waals surface area contributed by atoms with E-state index in [0.29, 0.717) is 5.82 Å². The summed E-state index contributed by atoms with van der Waals surface area (Å²) in [6.45, 7) is 2.65. The van der Waals surface area contributed by atoms with Gasteiger partial charge in [-0.15, -0.1) is 0 Å². The van der Waals surface area contributed by atoms with Crippen LogP contribution in [0.1, 0.15) is 17.5 Å². The predicted octanol–water partition coefficient (Wildman–Crippen LogP) is 0.00190. The molecule has 1 aromatic heterocycles. The lowest BCUT2D eigenvalue weighted by Gasteiger charge is -1.97. The number of hydrogen-bond acceptors (Lipinski definition) is 2. The van der Waals surface area contributed by atoms with E-state index in [-0.39, 0.29) is 0 Å². The van der Waals surface area contributed by atoms with Gasteiger partial charge in [0.25, 0.3) is 5.91 Å². The van der Waals surface area contributed by atoms with E-state index >= 15 is 0 Å². The first-order chi connectivity index (χ1) is 4.75. The Labute approximate surface area is 58.7 Å². The molecule has 10 heavy (non-hydrogen) atoms. The first kappa shape index (κ1) is 6.80. The maximum Gasteiger partial charge on any atom is 0.284 e. The predicted molar refractivity (Wildman–Crippen MR) is 36.4 cm³/mol. The highest BCUT2D eigenvalue weighted by Crippen LogP contribution is 1.94. The normalized spacial score (nSPS) is 9.70. The van der Waals surface area contributed by atoms with E-state index in [1.54, 1.807) is 17.0 Å². The van der Waals surface area contributed by atoms with E-state index in [4.69, 9.17) is 5.73 Å². The van der Waals surface area contributed by atoms with Gasteiger partial charge in [0.15, 0.2) is 5.82 Å². The Kier molecular flexibility index (Phi) is 1.71. The number of carbonyl (C=O) groups is 1. The Hall–Kier alpha value is -1.32. The number of hydrogen-bond donors (Lipinski definition) is 1. The molecule has 2 N–H and O–H groups in total. The smallest absolute Gasteiger partial charge is 0.284 e. The van der Waals surface area contributed by atoms with E-state index in [9.17, 15) is 4.79 Å². The third kappa shape index (κ3) is 1.00. The second-order valence-electron chi connectivity index (χ2n) is 1.90. The number of imidazole rings is 1. The Morgan fingerprint density at radius 3 is 3.00 bits per heavy atom. The molecule has 1 amide bonds. The molecule has 0 atom stereocenters. The van der Waals surface area contributed by atoms with Crippen LogP contribution < -0.4 is 5.73 Å². The van der Waals surface area contributed by atoms with Crippen LogP contribution in [-0.4, -0.2) is 15.5 Å². The second kappa shape index (κ2) is 2.51.